The van der Waals surface area contributed by atoms with Gasteiger partial charge in [-0.1, -0.05) is 18.2 Å². The maximum absolute atomic E-state index is 12.0. The van der Waals surface area contributed by atoms with Gasteiger partial charge in [0.05, 0.1) is 11.6 Å². The van der Waals surface area contributed by atoms with Crippen molar-refractivity contribution >= 4 is 27.8 Å². The van der Waals surface area contributed by atoms with E-state index in [0.717, 1.165) is 14.8 Å². The Morgan fingerprint density at radius 3 is 2.50 bits per heavy atom. The zero-order chi connectivity index (χ0) is 13.0. The molecular weight excluding hydrogens is 294 g/mol. The molecule has 2 aromatic carbocycles. The largest absolute Gasteiger partial charge is 0.618 e. The van der Waals surface area contributed by atoms with E-state index in [2.05, 4.69) is 15.9 Å². The molecule has 0 unspecified atom stereocenters. The third-order valence-electron chi connectivity index (χ3n) is 2.46. The topological polar surface area (TPSA) is 35.3 Å². The van der Waals surface area contributed by atoms with Gasteiger partial charge in [-0.3, -0.25) is 0 Å². The van der Waals surface area contributed by atoms with Crippen LogP contribution in [0.5, 0.6) is 5.75 Å². The Kier molecular flexibility index (Phi) is 3.99. The minimum Gasteiger partial charge on any atom is -0.618 e. The first kappa shape index (κ1) is 12.6. The average Bonchev–Trinajstić information content (AvgIpc) is 2.39. The number of hydrogen-bond donors (Lipinski definition) is 0. The minimum atomic E-state index is 0.548. The minimum absolute atomic E-state index is 0.548. The lowest BCUT2D eigenvalue weighted by Gasteiger charge is -2.06. The van der Waals surface area contributed by atoms with E-state index in [0.29, 0.717) is 11.4 Å². The van der Waals surface area contributed by atoms with Gasteiger partial charge in [0.25, 0.3) is 0 Å². The first-order chi connectivity index (χ1) is 8.70. The maximum Gasteiger partial charge on any atom is 0.217 e. The van der Waals surface area contributed by atoms with Gasteiger partial charge in [0.2, 0.25) is 5.69 Å². The lowest BCUT2D eigenvalue weighted by Crippen LogP contribution is -1.98. The van der Waals surface area contributed by atoms with Gasteiger partial charge in [0, 0.05) is 17.7 Å². The Morgan fingerprint density at radius 1 is 1.17 bits per heavy atom. The van der Waals surface area contributed by atoms with Crippen LogP contribution < -0.4 is 4.74 Å². The van der Waals surface area contributed by atoms with Crippen molar-refractivity contribution in [2.75, 3.05) is 7.11 Å². The number of benzene rings is 2. The molecule has 0 spiro atoms. The van der Waals surface area contributed by atoms with Gasteiger partial charge in [-0.2, -0.15) is 4.74 Å². The zero-order valence-corrected chi connectivity index (χ0v) is 11.4. The predicted molar refractivity (Wildman–Crippen MR) is 75.6 cm³/mol. The van der Waals surface area contributed by atoms with E-state index in [9.17, 15) is 5.21 Å². The van der Waals surface area contributed by atoms with Gasteiger partial charge in [0.1, 0.15) is 5.75 Å². The van der Waals surface area contributed by atoms with E-state index in [-0.39, 0.29) is 0 Å². The normalized spacial score (nSPS) is 11.3. The molecule has 0 atom stereocenters. The van der Waals surface area contributed by atoms with Crippen LogP contribution in [0.2, 0.25) is 0 Å². The molecule has 0 aliphatic rings. The van der Waals surface area contributed by atoms with Gasteiger partial charge < -0.3 is 9.94 Å². The number of hydrogen-bond acceptors (Lipinski definition) is 2. The summed E-state index contributed by atoms with van der Waals surface area (Å²) in [5.41, 5.74) is 1.41. The van der Waals surface area contributed by atoms with Crippen LogP contribution in [0, 0.1) is 5.21 Å². The van der Waals surface area contributed by atoms with Crippen LogP contribution in [0.15, 0.2) is 53.0 Å². The van der Waals surface area contributed by atoms with Crippen LogP contribution in [0.25, 0.3) is 0 Å². The molecule has 18 heavy (non-hydrogen) atoms. The summed E-state index contributed by atoms with van der Waals surface area (Å²) in [4.78, 5) is 0. The second-order valence-electron chi connectivity index (χ2n) is 3.68. The standard InChI is InChI=1S/C14H12BrNO2/c1-18-14-8-7-12(9-13(14)15)16(17)10-11-5-3-2-4-6-11/h2-10H,1H3. The number of halogens is 1. The van der Waals surface area contributed by atoms with Crippen LogP contribution in [0.3, 0.4) is 0 Å². The molecule has 0 fully saturated rings. The summed E-state index contributed by atoms with van der Waals surface area (Å²) < 4.78 is 6.71. The Bertz CT molecular complexity index is 567. The Morgan fingerprint density at radius 2 is 1.89 bits per heavy atom. The average molecular weight is 306 g/mol. The van der Waals surface area contributed by atoms with E-state index < -0.39 is 0 Å². The molecule has 2 aromatic rings. The molecule has 0 amide bonds. The van der Waals surface area contributed by atoms with Crippen molar-refractivity contribution in [3.8, 4) is 5.75 Å². The molecule has 0 saturated heterocycles. The summed E-state index contributed by atoms with van der Waals surface area (Å²) in [6.45, 7) is 0. The lowest BCUT2D eigenvalue weighted by atomic mass is 10.2. The molecular formula is C14H12BrNO2. The van der Waals surface area contributed by atoms with Gasteiger partial charge >= 0.3 is 0 Å². The molecule has 0 N–H and O–H groups in total. The fourth-order valence-electron chi connectivity index (χ4n) is 1.54. The predicted octanol–water partition coefficient (Wildman–Crippen LogP) is 3.72. The summed E-state index contributed by atoms with van der Waals surface area (Å²) >= 11 is 3.36. The van der Waals surface area contributed by atoms with E-state index in [1.807, 2.05) is 30.3 Å². The summed E-state index contributed by atoms with van der Waals surface area (Å²) in [7, 11) is 1.59. The zero-order valence-electron chi connectivity index (χ0n) is 9.84. The summed E-state index contributed by atoms with van der Waals surface area (Å²) in [6, 6.07) is 14.7. The third-order valence-corrected chi connectivity index (χ3v) is 3.08. The molecule has 0 saturated carbocycles. The van der Waals surface area contributed by atoms with Gasteiger partial charge in [-0.25, -0.2) is 0 Å². The molecule has 0 aliphatic heterocycles. The monoisotopic (exact) mass is 305 g/mol. The number of rotatable bonds is 3. The highest BCUT2D eigenvalue weighted by atomic mass is 79.9. The van der Waals surface area contributed by atoms with Crippen molar-refractivity contribution in [1.82, 2.24) is 0 Å². The fraction of sp³-hybridized carbons (Fsp3) is 0.0714. The van der Waals surface area contributed by atoms with Crippen LogP contribution in [-0.4, -0.2) is 18.1 Å². The maximum atomic E-state index is 12.0. The molecule has 3 nitrogen and oxygen atoms in total. The molecule has 0 heterocycles. The smallest absolute Gasteiger partial charge is 0.217 e. The van der Waals surface area contributed by atoms with E-state index in [1.54, 1.807) is 25.3 Å². The molecule has 0 aromatic heterocycles. The number of nitrogens with zero attached hydrogens (tertiary/aromatic N) is 1. The molecule has 4 heteroatoms. The highest BCUT2D eigenvalue weighted by Gasteiger charge is 2.06. The van der Waals surface area contributed by atoms with E-state index >= 15 is 0 Å². The number of methoxy groups -OCH3 is 1. The van der Waals surface area contributed by atoms with Crippen LogP contribution in [0.1, 0.15) is 5.56 Å². The van der Waals surface area contributed by atoms with Crippen molar-refractivity contribution in [1.29, 1.82) is 0 Å². The molecule has 2 rings (SSSR count). The van der Waals surface area contributed by atoms with Crippen LogP contribution >= 0.6 is 15.9 Å². The fourth-order valence-corrected chi connectivity index (χ4v) is 2.07. The summed E-state index contributed by atoms with van der Waals surface area (Å²) in [5.74, 6) is 0.701. The molecule has 0 radical (unpaired) electrons. The SMILES string of the molecule is COc1ccc([N+]([O-])=Cc2ccccc2)cc1Br. The van der Waals surface area contributed by atoms with Crippen molar-refractivity contribution < 1.29 is 9.48 Å². The van der Waals surface area contributed by atoms with Crippen molar-refractivity contribution in [2.45, 2.75) is 0 Å². The van der Waals surface area contributed by atoms with Crippen LogP contribution in [-0.2, 0) is 0 Å². The third kappa shape index (κ3) is 2.90. The molecule has 92 valence electrons. The quantitative estimate of drug-likeness (QED) is 0.375. The summed E-state index contributed by atoms with van der Waals surface area (Å²) in [5, 5.41) is 12.0. The first-order valence-corrected chi connectivity index (χ1v) is 6.20. The van der Waals surface area contributed by atoms with Crippen molar-refractivity contribution in [2.24, 2.45) is 0 Å². The Labute approximate surface area is 114 Å². The summed E-state index contributed by atoms with van der Waals surface area (Å²) in [6.07, 6.45) is 1.54. The van der Waals surface area contributed by atoms with E-state index in [1.165, 1.54) is 6.21 Å². The second kappa shape index (κ2) is 5.69. The Balaban J connectivity index is 2.32. The first-order valence-electron chi connectivity index (χ1n) is 5.40. The molecule has 0 bridgehead atoms. The highest BCUT2D eigenvalue weighted by Crippen LogP contribution is 2.28. The van der Waals surface area contributed by atoms with Crippen molar-refractivity contribution in [3.63, 3.8) is 0 Å². The van der Waals surface area contributed by atoms with Crippen LogP contribution in [0.4, 0.5) is 5.69 Å². The van der Waals surface area contributed by atoms with E-state index in [4.69, 9.17) is 4.74 Å². The van der Waals surface area contributed by atoms with Gasteiger partial charge in [-0.05, 0) is 34.1 Å². The molecule has 0 aliphatic carbocycles. The number of ether oxygens (including phenoxy) is 1. The second-order valence-corrected chi connectivity index (χ2v) is 4.54. The highest BCUT2D eigenvalue weighted by molar-refractivity contribution is 9.10. The Hall–Kier alpha value is -1.81. The van der Waals surface area contributed by atoms with Gasteiger partial charge in [0.15, 0.2) is 6.21 Å². The van der Waals surface area contributed by atoms with Gasteiger partial charge in [-0.15, -0.1) is 0 Å². The van der Waals surface area contributed by atoms with Crippen molar-refractivity contribution in [3.05, 3.63) is 63.8 Å². The lowest BCUT2D eigenvalue weighted by molar-refractivity contribution is -0.354.